The molecule has 0 unspecified atom stereocenters. The number of rotatable bonds is 5. The highest BCUT2D eigenvalue weighted by Gasteiger charge is 2.33. The second-order valence-electron chi connectivity index (χ2n) is 4.37. The Labute approximate surface area is 96.0 Å². The van der Waals surface area contributed by atoms with Crippen LogP contribution < -0.4 is 5.73 Å². The Kier molecular flexibility index (Phi) is 3.56. The molecule has 5 nitrogen and oxygen atoms in total. The van der Waals surface area contributed by atoms with Crippen LogP contribution in [0.5, 0.6) is 0 Å². The minimum absolute atomic E-state index is 0.107. The molecule has 0 radical (unpaired) electrons. The van der Waals surface area contributed by atoms with E-state index in [1.54, 1.807) is 6.33 Å². The number of hydrogen-bond acceptors (Lipinski definition) is 4. The lowest BCUT2D eigenvalue weighted by Crippen LogP contribution is -2.37. The van der Waals surface area contributed by atoms with Gasteiger partial charge < -0.3 is 10.5 Å². The van der Waals surface area contributed by atoms with E-state index in [1.807, 2.05) is 11.6 Å². The van der Waals surface area contributed by atoms with Gasteiger partial charge in [0.2, 0.25) is 0 Å². The molecular weight excluding hydrogens is 204 g/mol. The molecule has 0 amide bonds. The number of ether oxygens (including phenoxy) is 1. The van der Waals surface area contributed by atoms with E-state index >= 15 is 0 Å². The van der Waals surface area contributed by atoms with Gasteiger partial charge in [0.05, 0.1) is 5.60 Å². The number of aromatic nitrogens is 3. The Morgan fingerprint density at radius 2 is 2.25 bits per heavy atom. The summed E-state index contributed by atoms with van der Waals surface area (Å²) in [6.07, 6.45) is 6.16. The average Bonchev–Trinajstić information content (AvgIpc) is 2.96. The van der Waals surface area contributed by atoms with Gasteiger partial charge >= 0.3 is 0 Å². The molecule has 0 spiro atoms. The minimum atomic E-state index is -0.107. The Hall–Kier alpha value is -0.940. The normalized spacial score (nSPS) is 19.1. The van der Waals surface area contributed by atoms with Gasteiger partial charge in [0.25, 0.3) is 0 Å². The molecule has 0 aliphatic heterocycles. The van der Waals surface area contributed by atoms with Crippen molar-refractivity contribution in [2.24, 2.45) is 5.73 Å². The first-order chi connectivity index (χ1) is 7.79. The lowest BCUT2D eigenvalue weighted by atomic mass is 10.0. The lowest BCUT2D eigenvalue weighted by Gasteiger charge is -2.27. The highest BCUT2D eigenvalue weighted by Crippen LogP contribution is 2.32. The number of hydrogen-bond donors (Lipinski definition) is 1. The lowest BCUT2D eigenvalue weighted by molar-refractivity contribution is -0.0487. The molecule has 1 aromatic heterocycles. The van der Waals surface area contributed by atoms with E-state index in [0.717, 1.165) is 25.2 Å². The van der Waals surface area contributed by atoms with Crippen molar-refractivity contribution < 1.29 is 4.74 Å². The van der Waals surface area contributed by atoms with Crippen molar-refractivity contribution >= 4 is 0 Å². The van der Waals surface area contributed by atoms with Gasteiger partial charge in [-0.05, 0) is 19.8 Å². The van der Waals surface area contributed by atoms with Gasteiger partial charge in [-0.15, -0.1) is 0 Å². The zero-order valence-electron chi connectivity index (χ0n) is 9.85. The highest BCUT2D eigenvalue weighted by molar-refractivity contribution is 4.89. The third-order valence-corrected chi connectivity index (χ3v) is 3.39. The maximum atomic E-state index is 5.98. The Balaban J connectivity index is 1.95. The number of nitrogens with zero attached hydrogens (tertiary/aromatic N) is 3. The zero-order valence-corrected chi connectivity index (χ0v) is 9.85. The molecule has 0 atom stereocenters. The van der Waals surface area contributed by atoms with Crippen LogP contribution in [0.15, 0.2) is 6.33 Å². The zero-order chi connectivity index (χ0) is 11.4. The van der Waals surface area contributed by atoms with Crippen molar-refractivity contribution in [3.05, 3.63) is 12.2 Å². The first-order valence-corrected chi connectivity index (χ1v) is 6.00. The topological polar surface area (TPSA) is 66.0 Å². The molecule has 0 saturated heterocycles. The molecular formula is C11H20N4O. The van der Waals surface area contributed by atoms with Gasteiger partial charge in [0.1, 0.15) is 12.9 Å². The van der Waals surface area contributed by atoms with Crippen molar-refractivity contribution in [3.8, 4) is 0 Å². The molecule has 16 heavy (non-hydrogen) atoms. The first kappa shape index (κ1) is 11.5. The fourth-order valence-electron chi connectivity index (χ4n) is 2.31. The van der Waals surface area contributed by atoms with Crippen molar-refractivity contribution in [2.75, 3.05) is 6.54 Å². The Bertz CT molecular complexity index is 330. The monoisotopic (exact) mass is 224 g/mol. The van der Waals surface area contributed by atoms with E-state index in [-0.39, 0.29) is 5.60 Å². The summed E-state index contributed by atoms with van der Waals surface area (Å²) in [7, 11) is 0. The molecule has 1 aliphatic rings. The standard InChI is InChI=1S/C11H20N4O/c1-2-15-10(13-9-14-15)7-16-11(8-12)5-3-4-6-11/h9H,2-8,12H2,1H3. The van der Waals surface area contributed by atoms with E-state index < -0.39 is 0 Å². The molecule has 1 fully saturated rings. The van der Waals surface area contributed by atoms with Crippen LogP contribution in [0.1, 0.15) is 38.4 Å². The molecule has 5 heteroatoms. The predicted molar refractivity (Wildman–Crippen MR) is 60.7 cm³/mol. The maximum Gasteiger partial charge on any atom is 0.152 e. The van der Waals surface area contributed by atoms with Crippen LogP contribution in [0.3, 0.4) is 0 Å². The van der Waals surface area contributed by atoms with Crippen LogP contribution >= 0.6 is 0 Å². The molecule has 1 saturated carbocycles. The van der Waals surface area contributed by atoms with E-state index in [9.17, 15) is 0 Å². The van der Waals surface area contributed by atoms with Crippen LogP contribution in [-0.4, -0.2) is 26.9 Å². The summed E-state index contributed by atoms with van der Waals surface area (Å²) in [5, 5.41) is 4.12. The van der Waals surface area contributed by atoms with Crippen LogP contribution in [0.25, 0.3) is 0 Å². The molecule has 0 aromatic carbocycles. The summed E-state index contributed by atoms with van der Waals surface area (Å²) in [4.78, 5) is 4.20. The van der Waals surface area contributed by atoms with Crippen molar-refractivity contribution in [2.45, 2.75) is 51.4 Å². The smallest absolute Gasteiger partial charge is 0.152 e. The Morgan fingerprint density at radius 1 is 1.50 bits per heavy atom. The highest BCUT2D eigenvalue weighted by atomic mass is 16.5. The van der Waals surface area contributed by atoms with E-state index in [4.69, 9.17) is 10.5 Å². The SMILES string of the molecule is CCn1ncnc1COC1(CN)CCCC1. The summed E-state index contributed by atoms with van der Waals surface area (Å²) in [6, 6.07) is 0. The quantitative estimate of drug-likeness (QED) is 0.813. The van der Waals surface area contributed by atoms with Crippen LogP contribution in [0, 0.1) is 0 Å². The molecule has 1 aromatic rings. The molecule has 2 N–H and O–H groups in total. The summed E-state index contributed by atoms with van der Waals surface area (Å²) in [5.74, 6) is 0.891. The maximum absolute atomic E-state index is 5.98. The fourth-order valence-corrected chi connectivity index (χ4v) is 2.31. The van der Waals surface area contributed by atoms with Gasteiger partial charge in [0.15, 0.2) is 5.82 Å². The summed E-state index contributed by atoms with van der Waals surface area (Å²) in [5.41, 5.74) is 5.70. The largest absolute Gasteiger partial charge is 0.366 e. The summed E-state index contributed by atoms with van der Waals surface area (Å²) >= 11 is 0. The number of aryl methyl sites for hydroxylation is 1. The van der Waals surface area contributed by atoms with Crippen molar-refractivity contribution in [3.63, 3.8) is 0 Å². The van der Waals surface area contributed by atoms with Crippen LogP contribution in [-0.2, 0) is 17.9 Å². The average molecular weight is 224 g/mol. The van der Waals surface area contributed by atoms with E-state index in [0.29, 0.717) is 13.2 Å². The third kappa shape index (κ3) is 2.25. The van der Waals surface area contributed by atoms with Gasteiger partial charge in [-0.1, -0.05) is 12.8 Å². The molecule has 2 rings (SSSR count). The molecule has 0 bridgehead atoms. The fraction of sp³-hybridized carbons (Fsp3) is 0.818. The second kappa shape index (κ2) is 4.93. The number of nitrogens with two attached hydrogens (primary N) is 1. The summed E-state index contributed by atoms with van der Waals surface area (Å²) in [6.45, 7) is 4.00. The van der Waals surface area contributed by atoms with Gasteiger partial charge in [-0.25, -0.2) is 9.67 Å². The first-order valence-electron chi connectivity index (χ1n) is 6.00. The predicted octanol–water partition coefficient (Wildman–Crippen LogP) is 1.09. The minimum Gasteiger partial charge on any atom is -0.366 e. The third-order valence-electron chi connectivity index (χ3n) is 3.39. The second-order valence-corrected chi connectivity index (χ2v) is 4.37. The van der Waals surface area contributed by atoms with Gasteiger partial charge in [-0.2, -0.15) is 5.10 Å². The summed E-state index contributed by atoms with van der Waals surface area (Å²) < 4.78 is 7.84. The van der Waals surface area contributed by atoms with Gasteiger partial charge in [-0.3, -0.25) is 0 Å². The van der Waals surface area contributed by atoms with Crippen molar-refractivity contribution in [1.29, 1.82) is 0 Å². The van der Waals surface area contributed by atoms with E-state index in [2.05, 4.69) is 10.1 Å². The van der Waals surface area contributed by atoms with Crippen molar-refractivity contribution in [1.82, 2.24) is 14.8 Å². The van der Waals surface area contributed by atoms with Crippen LogP contribution in [0.2, 0.25) is 0 Å². The molecule has 1 aliphatic carbocycles. The van der Waals surface area contributed by atoms with Gasteiger partial charge in [0, 0.05) is 13.1 Å². The van der Waals surface area contributed by atoms with E-state index in [1.165, 1.54) is 12.8 Å². The molecule has 1 heterocycles. The Morgan fingerprint density at radius 3 is 2.88 bits per heavy atom. The molecule has 90 valence electrons. The van der Waals surface area contributed by atoms with Crippen LogP contribution in [0.4, 0.5) is 0 Å².